The first-order chi connectivity index (χ1) is 12.1. The average molecular weight is 341 g/mol. The lowest BCUT2D eigenvalue weighted by atomic mass is 10.0. The number of ether oxygens (including phenoxy) is 1. The number of hydrogen-bond donors (Lipinski definition) is 1. The molecule has 132 valence electrons. The number of amides is 1. The Bertz CT molecular complexity index is 757. The van der Waals surface area contributed by atoms with Gasteiger partial charge >= 0.3 is 0 Å². The number of nitrogens with zero attached hydrogens (tertiary/aromatic N) is 4. The van der Waals surface area contributed by atoms with Gasteiger partial charge in [0, 0.05) is 38.8 Å². The molecule has 4 heterocycles. The molecule has 0 spiro atoms. The summed E-state index contributed by atoms with van der Waals surface area (Å²) in [6, 6.07) is 3.83. The summed E-state index contributed by atoms with van der Waals surface area (Å²) in [5, 5.41) is 3.15. The highest BCUT2D eigenvalue weighted by Gasteiger charge is 2.45. The largest absolute Gasteiger partial charge is 0.374 e. The first kappa shape index (κ1) is 16.1. The Morgan fingerprint density at radius 2 is 2.16 bits per heavy atom. The van der Waals surface area contributed by atoms with E-state index in [2.05, 4.69) is 20.2 Å². The van der Waals surface area contributed by atoms with Crippen molar-refractivity contribution in [1.29, 1.82) is 0 Å². The Balaban J connectivity index is 1.55. The van der Waals surface area contributed by atoms with E-state index in [0.717, 1.165) is 25.0 Å². The van der Waals surface area contributed by atoms with Gasteiger partial charge in [-0.15, -0.1) is 0 Å². The SMILES string of the molecule is Cc1cnc(N2C[C@@H](NC(=O)c3cccn3C)[C@@H]3OCCC[C@@H]32)nc1. The standard InChI is InChI=1S/C18H23N5O2/c1-12-9-19-18(20-10-12)23-11-13(16-14(23)6-4-8-25-16)21-17(24)15-5-3-7-22(15)2/h3,5,7,9-10,13-14,16H,4,6,8,11H2,1-2H3,(H,21,24)/t13-,14+,16+/m1/s1. The number of fused-ring (bicyclic) bond motifs is 1. The van der Waals surface area contributed by atoms with Gasteiger partial charge in [0.2, 0.25) is 5.95 Å². The van der Waals surface area contributed by atoms with Crippen LogP contribution in [0, 0.1) is 6.92 Å². The number of aryl methyl sites for hydroxylation is 2. The molecule has 2 aromatic rings. The Morgan fingerprint density at radius 1 is 1.36 bits per heavy atom. The second kappa shape index (κ2) is 6.48. The predicted octanol–water partition coefficient (Wildman–Crippen LogP) is 1.29. The number of carbonyl (C=O) groups excluding carboxylic acids is 1. The van der Waals surface area contributed by atoms with Crippen molar-refractivity contribution in [2.24, 2.45) is 7.05 Å². The zero-order valence-electron chi connectivity index (χ0n) is 14.6. The quantitative estimate of drug-likeness (QED) is 0.911. The molecule has 2 saturated heterocycles. The van der Waals surface area contributed by atoms with Crippen LogP contribution in [0.25, 0.3) is 0 Å². The number of carbonyl (C=O) groups is 1. The molecule has 1 N–H and O–H groups in total. The third kappa shape index (κ3) is 3.00. The number of anilines is 1. The third-order valence-corrected chi connectivity index (χ3v) is 5.04. The van der Waals surface area contributed by atoms with Crippen LogP contribution in [-0.4, -0.2) is 51.8 Å². The lowest BCUT2D eigenvalue weighted by Crippen LogP contribution is -2.47. The maximum Gasteiger partial charge on any atom is 0.268 e. The minimum Gasteiger partial charge on any atom is -0.374 e. The molecule has 2 aliphatic heterocycles. The van der Waals surface area contributed by atoms with Crippen LogP contribution in [0.4, 0.5) is 5.95 Å². The molecule has 0 saturated carbocycles. The lowest BCUT2D eigenvalue weighted by molar-refractivity contribution is 0.000570. The third-order valence-electron chi connectivity index (χ3n) is 5.04. The summed E-state index contributed by atoms with van der Waals surface area (Å²) >= 11 is 0. The van der Waals surface area contributed by atoms with E-state index >= 15 is 0 Å². The van der Waals surface area contributed by atoms with Gasteiger partial charge in [-0.05, 0) is 37.5 Å². The second-order valence-corrected chi connectivity index (χ2v) is 6.84. The maximum atomic E-state index is 12.6. The summed E-state index contributed by atoms with van der Waals surface area (Å²) in [7, 11) is 1.87. The zero-order chi connectivity index (χ0) is 17.4. The van der Waals surface area contributed by atoms with E-state index in [1.54, 1.807) is 0 Å². The molecule has 2 aliphatic rings. The molecule has 0 unspecified atom stereocenters. The maximum absolute atomic E-state index is 12.6. The van der Waals surface area contributed by atoms with Crippen LogP contribution < -0.4 is 10.2 Å². The zero-order valence-corrected chi connectivity index (χ0v) is 14.6. The number of nitrogens with one attached hydrogen (secondary N) is 1. The van der Waals surface area contributed by atoms with Crippen LogP contribution >= 0.6 is 0 Å². The minimum atomic E-state index is -0.0721. The van der Waals surface area contributed by atoms with Crippen molar-refractivity contribution in [2.45, 2.75) is 38.0 Å². The van der Waals surface area contributed by atoms with Gasteiger partial charge in [-0.1, -0.05) is 0 Å². The molecular formula is C18H23N5O2. The van der Waals surface area contributed by atoms with Gasteiger partial charge in [-0.25, -0.2) is 9.97 Å². The van der Waals surface area contributed by atoms with E-state index in [0.29, 0.717) is 18.2 Å². The van der Waals surface area contributed by atoms with Crippen LogP contribution in [0.3, 0.4) is 0 Å². The minimum absolute atomic E-state index is 0.0251. The van der Waals surface area contributed by atoms with Gasteiger partial charge in [-0.3, -0.25) is 4.79 Å². The molecule has 2 aromatic heterocycles. The molecule has 25 heavy (non-hydrogen) atoms. The Morgan fingerprint density at radius 3 is 2.88 bits per heavy atom. The first-order valence-electron chi connectivity index (χ1n) is 8.72. The molecule has 0 bridgehead atoms. The summed E-state index contributed by atoms with van der Waals surface area (Å²) < 4.78 is 7.84. The van der Waals surface area contributed by atoms with Crippen LogP contribution in [-0.2, 0) is 11.8 Å². The van der Waals surface area contributed by atoms with E-state index in [9.17, 15) is 4.79 Å². The topological polar surface area (TPSA) is 72.3 Å². The van der Waals surface area contributed by atoms with Crippen molar-refractivity contribution >= 4 is 11.9 Å². The van der Waals surface area contributed by atoms with Gasteiger partial charge in [0.05, 0.1) is 18.2 Å². The second-order valence-electron chi connectivity index (χ2n) is 6.84. The summed E-state index contributed by atoms with van der Waals surface area (Å²) in [6.45, 7) is 3.37. The first-order valence-corrected chi connectivity index (χ1v) is 8.72. The highest BCUT2D eigenvalue weighted by Crippen LogP contribution is 2.31. The molecule has 0 aliphatic carbocycles. The van der Waals surface area contributed by atoms with Crippen molar-refractivity contribution in [3.63, 3.8) is 0 Å². The molecule has 0 radical (unpaired) electrons. The predicted molar refractivity (Wildman–Crippen MR) is 93.5 cm³/mol. The van der Waals surface area contributed by atoms with Crippen molar-refractivity contribution in [1.82, 2.24) is 19.9 Å². The van der Waals surface area contributed by atoms with Gasteiger partial charge in [-0.2, -0.15) is 0 Å². The fraction of sp³-hybridized carbons (Fsp3) is 0.500. The van der Waals surface area contributed by atoms with E-state index in [4.69, 9.17) is 4.74 Å². The molecule has 7 heteroatoms. The fourth-order valence-corrected chi connectivity index (χ4v) is 3.79. The summed E-state index contributed by atoms with van der Waals surface area (Å²) in [5.41, 5.74) is 1.69. The molecule has 1 amide bonds. The molecular weight excluding hydrogens is 318 g/mol. The van der Waals surface area contributed by atoms with Crippen LogP contribution in [0.5, 0.6) is 0 Å². The normalized spacial score (nSPS) is 25.7. The summed E-state index contributed by atoms with van der Waals surface area (Å²) in [4.78, 5) is 23.7. The van der Waals surface area contributed by atoms with E-state index in [1.165, 1.54) is 0 Å². The Kier molecular flexibility index (Phi) is 4.17. The lowest BCUT2D eigenvalue weighted by Gasteiger charge is -2.32. The molecule has 2 fully saturated rings. The summed E-state index contributed by atoms with van der Waals surface area (Å²) in [6.07, 6.45) is 7.55. The molecule has 3 atom stereocenters. The average Bonchev–Trinajstić information content (AvgIpc) is 3.20. The van der Waals surface area contributed by atoms with Crippen LogP contribution in [0.1, 0.15) is 28.9 Å². The van der Waals surface area contributed by atoms with Crippen molar-refractivity contribution < 1.29 is 9.53 Å². The monoisotopic (exact) mass is 341 g/mol. The van der Waals surface area contributed by atoms with Gasteiger partial charge in [0.15, 0.2) is 0 Å². The van der Waals surface area contributed by atoms with Crippen molar-refractivity contribution in [3.05, 3.63) is 42.0 Å². The number of hydrogen-bond acceptors (Lipinski definition) is 5. The van der Waals surface area contributed by atoms with Crippen molar-refractivity contribution in [2.75, 3.05) is 18.1 Å². The highest BCUT2D eigenvalue weighted by molar-refractivity contribution is 5.93. The van der Waals surface area contributed by atoms with Gasteiger partial charge in [0.25, 0.3) is 5.91 Å². The fourth-order valence-electron chi connectivity index (χ4n) is 3.79. The Hall–Kier alpha value is -2.41. The van der Waals surface area contributed by atoms with E-state index in [1.807, 2.05) is 49.3 Å². The van der Waals surface area contributed by atoms with E-state index in [-0.39, 0.29) is 24.1 Å². The molecule has 4 rings (SSSR count). The smallest absolute Gasteiger partial charge is 0.268 e. The van der Waals surface area contributed by atoms with Crippen LogP contribution in [0.15, 0.2) is 30.7 Å². The number of rotatable bonds is 3. The van der Waals surface area contributed by atoms with Gasteiger partial charge < -0.3 is 19.5 Å². The molecule has 7 nitrogen and oxygen atoms in total. The number of aromatic nitrogens is 3. The van der Waals surface area contributed by atoms with E-state index < -0.39 is 0 Å². The molecule has 0 aromatic carbocycles. The van der Waals surface area contributed by atoms with Crippen molar-refractivity contribution in [3.8, 4) is 0 Å². The summed E-state index contributed by atoms with van der Waals surface area (Å²) in [5.74, 6) is 0.638. The highest BCUT2D eigenvalue weighted by atomic mass is 16.5. The Labute approximate surface area is 147 Å². The van der Waals surface area contributed by atoms with Crippen LogP contribution in [0.2, 0.25) is 0 Å². The van der Waals surface area contributed by atoms with Gasteiger partial charge in [0.1, 0.15) is 5.69 Å².